The van der Waals surface area contributed by atoms with Crippen LogP contribution < -0.4 is 0 Å². The number of carbonyl (C=O) groups is 2. The maximum Gasteiger partial charge on any atom is 0.321 e. The van der Waals surface area contributed by atoms with Gasteiger partial charge in [0.2, 0.25) is 0 Å². The van der Waals surface area contributed by atoms with Crippen molar-refractivity contribution in [1.82, 2.24) is 4.90 Å². The molecule has 0 bridgehead atoms. The number of carboxylic acids is 2. The lowest BCUT2D eigenvalue weighted by atomic mass is 9.80. The summed E-state index contributed by atoms with van der Waals surface area (Å²) >= 11 is 0. The fourth-order valence-corrected chi connectivity index (χ4v) is 2.57. The molecule has 0 aromatic heterocycles. The van der Waals surface area contributed by atoms with Gasteiger partial charge in [-0.3, -0.25) is 9.59 Å². The van der Waals surface area contributed by atoms with E-state index in [-0.39, 0.29) is 12.8 Å². The van der Waals surface area contributed by atoms with Gasteiger partial charge in [-0.15, -0.1) is 0 Å². The van der Waals surface area contributed by atoms with Gasteiger partial charge in [-0.25, -0.2) is 0 Å². The monoisotopic (exact) mass is 257 g/mol. The summed E-state index contributed by atoms with van der Waals surface area (Å²) in [4.78, 5) is 24.7. The van der Waals surface area contributed by atoms with Gasteiger partial charge in [0.15, 0.2) is 5.41 Å². The average Bonchev–Trinajstić information content (AvgIpc) is 2.35. The third-order valence-electron chi connectivity index (χ3n) is 3.95. The van der Waals surface area contributed by atoms with E-state index in [1.807, 2.05) is 0 Å². The summed E-state index contributed by atoms with van der Waals surface area (Å²) in [5.41, 5.74) is -1.60. The van der Waals surface area contributed by atoms with Crippen LogP contribution in [-0.2, 0) is 9.59 Å². The highest BCUT2D eigenvalue weighted by molar-refractivity contribution is 5.98. The molecule has 5 heteroatoms. The Kier molecular flexibility index (Phi) is 5.59. The summed E-state index contributed by atoms with van der Waals surface area (Å²) in [7, 11) is 0. The number of hydrogen-bond acceptors (Lipinski definition) is 3. The first-order chi connectivity index (χ1) is 8.53. The Hall–Kier alpha value is -1.10. The Morgan fingerprint density at radius 1 is 1.11 bits per heavy atom. The molecule has 0 aromatic rings. The highest BCUT2D eigenvalue weighted by Gasteiger charge is 2.44. The van der Waals surface area contributed by atoms with Crippen molar-refractivity contribution in [3.8, 4) is 0 Å². The molecule has 0 amide bonds. The van der Waals surface area contributed by atoms with Crippen molar-refractivity contribution in [1.29, 1.82) is 0 Å². The van der Waals surface area contributed by atoms with Crippen molar-refractivity contribution in [2.75, 3.05) is 19.6 Å². The van der Waals surface area contributed by atoms with Crippen LogP contribution in [0.4, 0.5) is 0 Å². The number of rotatable bonds is 7. The molecule has 2 N–H and O–H groups in total. The summed E-state index contributed by atoms with van der Waals surface area (Å²) in [5.74, 6) is -2.42. The number of nitrogens with zero attached hydrogens (tertiary/aromatic N) is 1. The second-order valence-corrected chi connectivity index (χ2v) is 5.05. The first-order valence-corrected chi connectivity index (χ1v) is 6.72. The van der Waals surface area contributed by atoms with Gasteiger partial charge in [-0.1, -0.05) is 13.3 Å². The van der Waals surface area contributed by atoms with E-state index in [2.05, 4.69) is 4.90 Å². The maximum absolute atomic E-state index is 11.2. The fourth-order valence-electron chi connectivity index (χ4n) is 2.57. The Labute approximate surface area is 108 Å². The third-order valence-corrected chi connectivity index (χ3v) is 3.95. The lowest BCUT2D eigenvalue weighted by Crippen LogP contribution is -2.40. The summed E-state index contributed by atoms with van der Waals surface area (Å²) in [6.45, 7) is 4.55. The molecule has 0 unspecified atom stereocenters. The van der Waals surface area contributed by atoms with Gasteiger partial charge in [-0.2, -0.15) is 0 Å². The van der Waals surface area contributed by atoms with Gasteiger partial charge in [0, 0.05) is 0 Å². The van der Waals surface area contributed by atoms with Crippen molar-refractivity contribution in [2.45, 2.75) is 45.4 Å². The number of hydrogen-bond donors (Lipinski definition) is 2. The van der Waals surface area contributed by atoms with Crippen molar-refractivity contribution < 1.29 is 19.8 Å². The lowest BCUT2D eigenvalue weighted by molar-refractivity contribution is -0.165. The van der Waals surface area contributed by atoms with Crippen LogP contribution in [0.25, 0.3) is 0 Å². The Morgan fingerprint density at radius 2 is 1.67 bits per heavy atom. The molecule has 1 fully saturated rings. The normalized spacial score (nSPS) is 17.6. The van der Waals surface area contributed by atoms with Crippen LogP contribution in [0.2, 0.25) is 0 Å². The predicted octanol–water partition coefficient (Wildman–Crippen LogP) is 1.82. The number of aliphatic carboxylic acids is 2. The highest BCUT2D eigenvalue weighted by Crippen LogP contribution is 2.29. The van der Waals surface area contributed by atoms with Crippen LogP contribution >= 0.6 is 0 Å². The second kappa shape index (κ2) is 6.73. The van der Waals surface area contributed by atoms with Crippen molar-refractivity contribution in [2.24, 2.45) is 5.41 Å². The molecule has 1 rings (SSSR count). The predicted molar refractivity (Wildman–Crippen MR) is 67.5 cm³/mol. The quantitative estimate of drug-likeness (QED) is 0.680. The lowest BCUT2D eigenvalue weighted by Gasteiger charge is -2.28. The van der Waals surface area contributed by atoms with Gasteiger partial charge in [-0.05, 0) is 51.7 Å². The molecule has 0 aromatic carbocycles. The molecule has 1 aliphatic rings. The second-order valence-electron chi connectivity index (χ2n) is 5.05. The van der Waals surface area contributed by atoms with Gasteiger partial charge >= 0.3 is 11.9 Å². The standard InChI is InChI=1S/C13H23NO4/c1-2-13(11(15)16,12(17)18)7-6-10-14-8-4-3-5-9-14/h2-10H2,1H3,(H,15,16)(H,17,18). The van der Waals surface area contributed by atoms with E-state index in [4.69, 9.17) is 10.2 Å². The summed E-state index contributed by atoms with van der Waals surface area (Å²) in [6.07, 6.45) is 4.63. The van der Waals surface area contributed by atoms with Gasteiger partial charge in [0.1, 0.15) is 0 Å². The zero-order valence-electron chi connectivity index (χ0n) is 11.0. The van der Waals surface area contributed by atoms with E-state index in [0.717, 1.165) is 19.6 Å². The number of carboxylic acid groups (broad SMARTS) is 2. The number of likely N-dealkylation sites (tertiary alicyclic amines) is 1. The molecule has 0 radical (unpaired) electrons. The molecule has 0 saturated carbocycles. The summed E-state index contributed by atoms with van der Waals surface area (Å²) in [6, 6.07) is 0. The minimum absolute atomic E-state index is 0.137. The van der Waals surface area contributed by atoms with Crippen molar-refractivity contribution >= 4 is 11.9 Å². The summed E-state index contributed by atoms with van der Waals surface area (Å²) < 4.78 is 0. The largest absolute Gasteiger partial charge is 0.480 e. The first kappa shape index (κ1) is 15.0. The van der Waals surface area contributed by atoms with Crippen LogP contribution in [0.3, 0.4) is 0 Å². The minimum Gasteiger partial charge on any atom is -0.480 e. The SMILES string of the molecule is CCC(CCCN1CCCCC1)(C(=O)O)C(=O)O. The van der Waals surface area contributed by atoms with Crippen molar-refractivity contribution in [3.63, 3.8) is 0 Å². The number of piperidine rings is 1. The van der Waals surface area contributed by atoms with Crippen molar-refractivity contribution in [3.05, 3.63) is 0 Å². The minimum atomic E-state index is -1.60. The molecule has 0 aliphatic carbocycles. The molecule has 1 saturated heterocycles. The molecule has 5 nitrogen and oxygen atoms in total. The Balaban J connectivity index is 2.46. The topological polar surface area (TPSA) is 77.8 Å². The molecule has 1 aliphatic heterocycles. The van der Waals surface area contributed by atoms with E-state index in [1.165, 1.54) is 19.3 Å². The Morgan fingerprint density at radius 3 is 2.11 bits per heavy atom. The van der Waals surface area contributed by atoms with E-state index < -0.39 is 17.4 Å². The summed E-state index contributed by atoms with van der Waals surface area (Å²) in [5, 5.41) is 18.3. The van der Waals surface area contributed by atoms with Gasteiger partial charge < -0.3 is 15.1 Å². The van der Waals surface area contributed by atoms with Crippen LogP contribution in [0.1, 0.15) is 45.4 Å². The molecule has 0 atom stereocenters. The van der Waals surface area contributed by atoms with E-state index in [9.17, 15) is 9.59 Å². The molecular weight excluding hydrogens is 234 g/mol. The van der Waals surface area contributed by atoms with Gasteiger partial charge in [0.05, 0.1) is 0 Å². The van der Waals surface area contributed by atoms with Crippen LogP contribution in [-0.4, -0.2) is 46.7 Å². The Bertz CT molecular complexity index is 283. The highest BCUT2D eigenvalue weighted by atomic mass is 16.4. The van der Waals surface area contributed by atoms with Crippen LogP contribution in [0.15, 0.2) is 0 Å². The fraction of sp³-hybridized carbons (Fsp3) is 0.846. The molecule has 1 heterocycles. The zero-order valence-corrected chi connectivity index (χ0v) is 11.0. The average molecular weight is 257 g/mol. The molecule has 104 valence electrons. The first-order valence-electron chi connectivity index (χ1n) is 6.72. The molecule has 0 spiro atoms. The van der Waals surface area contributed by atoms with Crippen LogP contribution in [0.5, 0.6) is 0 Å². The zero-order chi connectivity index (χ0) is 13.6. The van der Waals surface area contributed by atoms with Gasteiger partial charge in [0.25, 0.3) is 0 Å². The van der Waals surface area contributed by atoms with E-state index in [0.29, 0.717) is 6.42 Å². The molecular formula is C13H23NO4. The van der Waals surface area contributed by atoms with E-state index >= 15 is 0 Å². The van der Waals surface area contributed by atoms with E-state index in [1.54, 1.807) is 6.92 Å². The smallest absolute Gasteiger partial charge is 0.321 e. The molecule has 18 heavy (non-hydrogen) atoms. The maximum atomic E-state index is 11.2. The van der Waals surface area contributed by atoms with Crippen LogP contribution in [0, 0.1) is 5.41 Å². The third kappa shape index (κ3) is 3.45.